The predicted octanol–water partition coefficient (Wildman–Crippen LogP) is 5.65. The van der Waals surface area contributed by atoms with Crippen molar-refractivity contribution < 1.29 is 9.90 Å². The van der Waals surface area contributed by atoms with E-state index in [-0.39, 0.29) is 5.92 Å². The van der Waals surface area contributed by atoms with Crippen LogP contribution in [-0.2, 0) is 4.79 Å². The first-order valence-electron chi connectivity index (χ1n) is 8.69. The van der Waals surface area contributed by atoms with Crippen molar-refractivity contribution in [3.8, 4) is 0 Å². The first kappa shape index (κ1) is 17.5. The minimum Gasteiger partial charge on any atom is -0.481 e. The van der Waals surface area contributed by atoms with Crippen molar-refractivity contribution >= 4 is 5.97 Å². The molecule has 0 saturated heterocycles. The van der Waals surface area contributed by atoms with E-state index in [0.29, 0.717) is 11.3 Å². The monoisotopic (exact) mass is 282 g/mol. The Morgan fingerprint density at radius 2 is 1.70 bits per heavy atom. The maximum atomic E-state index is 11.4. The third-order valence-electron chi connectivity index (χ3n) is 5.01. The van der Waals surface area contributed by atoms with Gasteiger partial charge < -0.3 is 5.11 Å². The molecule has 20 heavy (non-hydrogen) atoms. The second-order valence-corrected chi connectivity index (χ2v) is 7.52. The van der Waals surface area contributed by atoms with E-state index in [4.69, 9.17) is 0 Å². The lowest BCUT2D eigenvalue weighted by molar-refractivity contribution is -0.146. The zero-order chi connectivity index (χ0) is 15.0. The van der Waals surface area contributed by atoms with Crippen LogP contribution in [0.1, 0.15) is 91.4 Å². The summed E-state index contributed by atoms with van der Waals surface area (Å²) in [6.07, 6.45) is 13.4. The Morgan fingerprint density at radius 3 is 2.30 bits per heavy atom. The Kier molecular flexibility index (Phi) is 7.61. The second kappa shape index (κ2) is 8.69. The molecule has 1 fully saturated rings. The molecule has 0 aromatic carbocycles. The summed E-state index contributed by atoms with van der Waals surface area (Å²) in [4.78, 5) is 11.4. The summed E-state index contributed by atoms with van der Waals surface area (Å²) in [5.41, 5.74) is 0.345. The Morgan fingerprint density at radius 1 is 1.10 bits per heavy atom. The van der Waals surface area contributed by atoms with E-state index >= 15 is 0 Å². The number of aliphatic carboxylic acids is 1. The van der Waals surface area contributed by atoms with Crippen molar-refractivity contribution in [1.82, 2.24) is 0 Å². The number of rotatable bonds is 9. The Bertz CT molecular complexity index is 283. The molecule has 0 heterocycles. The van der Waals surface area contributed by atoms with Crippen LogP contribution < -0.4 is 0 Å². The highest BCUT2D eigenvalue weighted by Gasteiger charge is 2.37. The highest BCUT2D eigenvalue weighted by Crippen LogP contribution is 2.43. The maximum absolute atomic E-state index is 11.4. The third kappa shape index (κ3) is 6.28. The highest BCUT2D eigenvalue weighted by atomic mass is 16.4. The Labute approximate surface area is 125 Å². The summed E-state index contributed by atoms with van der Waals surface area (Å²) < 4.78 is 0. The van der Waals surface area contributed by atoms with E-state index in [0.717, 1.165) is 25.7 Å². The standard InChI is InChI=1S/C18H34O2/c1-4-5-6-7-8-9-10-11-15-14-18(2,3)13-12-16(15)17(19)20/h15-16H,4-14H2,1-3H3,(H,19,20). The zero-order valence-corrected chi connectivity index (χ0v) is 13.8. The number of carbonyl (C=O) groups is 1. The van der Waals surface area contributed by atoms with Gasteiger partial charge in [0.15, 0.2) is 0 Å². The second-order valence-electron chi connectivity index (χ2n) is 7.52. The summed E-state index contributed by atoms with van der Waals surface area (Å²) in [5.74, 6) is -0.233. The van der Waals surface area contributed by atoms with Gasteiger partial charge in [0.2, 0.25) is 0 Å². The van der Waals surface area contributed by atoms with Gasteiger partial charge in [-0.1, -0.05) is 65.7 Å². The van der Waals surface area contributed by atoms with Crippen LogP contribution in [0.4, 0.5) is 0 Å². The highest BCUT2D eigenvalue weighted by molar-refractivity contribution is 5.70. The van der Waals surface area contributed by atoms with Gasteiger partial charge >= 0.3 is 5.97 Å². The fourth-order valence-electron chi connectivity index (χ4n) is 3.73. The van der Waals surface area contributed by atoms with E-state index in [9.17, 15) is 9.90 Å². The molecule has 1 rings (SSSR count). The van der Waals surface area contributed by atoms with Crippen LogP contribution in [0.3, 0.4) is 0 Å². The van der Waals surface area contributed by atoms with E-state index < -0.39 is 5.97 Å². The van der Waals surface area contributed by atoms with Crippen LogP contribution in [0.2, 0.25) is 0 Å². The van der Waals surface area contributed by atoms with E-state index in [1.807, 2.05) is 0 Å². The molecule has 2 unspecified atom stereocenters. The molecule has 0 spiro atoms. The summed E-state index contributed by atoms with van der Waals surface area (Å²) >= 11 is 0. The van der Waals surface area contributed by atoms with Crippen LogP contribution in [0, 0.1) is 17.3 Å². The quantitative estimate of drug-likeness (QED) is 0.554. The zero-order valence-electron chi connectivity index (χ0n) is 13.8. The van der Waals surface area contributed by atoms with Crippen molar-refractivity contribution in [1.29, 1.82) is 0 Å². The average Bonchev–Trinajstić information content (AvgIpc) is 2.36. The smallest absolute Gasteiger partial charge is 0.306 e. The van der Waals surface area contributed by atoms with Gasteiger partial charge in [0, 0.05) is 0 Å². The molecule has 1 N–H and O–H groups in total. The van der Waals surface area contributed by atoms with Crippen molar-refractivity contribution in [2.75, 3.05) is 0 Å². The first-order valence-corrected chi connectivity index (χ1v) is 8.69. The molecule has 2 nitrogen and oxygen atoms in total. The lowest BCUT2D eigenvalue weighted by Crippen LogP contribution is -2.34. The van der Waals surface area contributed by atoms with Gasteiger partial charge in [-0.3, -0.25) is 4.79 Å². The molecule has 1 saturated carbocycles. The molecule has 2 atom stereocenters. The Balaban J connectivity index is 2.25. The summed E-state index contributed by atoms with van der Waals surface area (Å²) in [6.45, 7) is 6.84. The fourth-order valence-corrected chi connectivity index (χ4v) is 3.73. The molecule has 1 aliphatic carbocycles. The van der Waals surface area contributed by atoms with Crippen LogP contribution in [0.5, 0.6) is 0 Å². The number of carboxylic acids is 1. The summed E-state index contributed by atoms with van der Waals surface area (Å²) in [7, 11) is 0. The molecule has 1 aliphatic rings. The van der Waals surface area contributed by atoms with Gasteiger partial charge in [-0.2, -0.15) is 0 Å². The van der Waals surface area contributed by atoms with Crippen molar-refractivity contribution in [2.45, 2.75) is 91.4 Å². The maximum Gasteiger partial charge on any atom is 0.306 e. The molecular formula is C18H34O2. The van der Waals surface area contributed by atoms with Crippen LogP contribution in [-0.4, -0.2) is 11.1 Å². The molecule has 2 heteroatoms. The van der Waals surface area contributed by atoms with Gasteiger partial charge in [-0.05, 0) is 37.0 Å². The van der Waals surface area contributed by atoms with E-state index in [1.165, 1.54) is 44.9 Å². The molecule has 0 bridgehead atoms. The van der Waals surface area contributed by atoms with Gasteiger partial charge in [0.05, 0.1) is 5.92 Å². The lowest BCUT2D eigenvalue weighted by Gasteiger charge is -2.39. The van der Waals surface area contributed by atoms with Crippen LogP contribution in [0.25, 0.3) is 0 Å². The number of unbranched alkanes of at least 4 members (excludes halogenated alkanes) is 6. The SMILES string of the molecule is CCCCCCCCCC1CC(C)(C)CCC1C(=O)O. The molecule has 0 aromatic rings. The average molecular weight is 282 g/mol. The van der Waals surface area contributed by atoms with Crippen LogP contribution >= 0.6 is 0 Å². The van der Waals surface area contributed by atoms with Gasteiger partial charge in [-0.25, -0.2) is 0 Å². The summed E-state index contributed by atoms with van der Waals surface area (Å²) in [5, 5.41) is 9.38. The normalized spacial score (nSPS) is 25.6. The largest absolute Gasteiger partial charge is 0.481 e. The lowest BCUT2D eigenvalue weighted by atomic mass is 9.66. The number of hydrogen-bond acceptors (Lipinski definition) is 1. The minimum atomic E-state index is -0.562. The topological polar surface area (TPSA) is 37.3 Å². The summed E-state index contributed by atoms with van der Waals surface area (Å²) in [6, 6.07) is 0. The molecule has 0 radical (unpaired) electrons. The predicted molar refractivity (Wildman–Crippen MR) is 84.9 cm³/mol. The van der Waals surface area contributed by atoms with Crippen LogP contribution in [0.15, 0.2) is 0 Å². The minimum absolute atomic E-state index is 0.0804. The van der Waals surface area contributed by atoms with Gasteiger partial charge in [0.1, 0.15) is 0 Å². The number of hydrogen-bond donors (Lipinski definition) is 1. The molecular weight excluding hydrogens is 248 g/mol. The molecule has 0 aliphatic heterocycles. The van der Waals surface area contributed by atoms with Gasteiger partial charge in [0.25, 0.3) is 0 Å². The van der Waals surface area contributed by atoms with E-state index in [2.05, 4.69) is 20.8 Å². The van der Waals surface area contributed by atoms with Crippen molar-refractivity contribution in [3.05, 3.63) is 0 Å². The molecule has 0 amide bonds. The fraction of sp³-hybridized carbons (Fsp3) is 0.944. The Hall–Kier alpha value is -0.530. The van der Waals surface area contributed by atoms with Crippen molar-refractivity contribution in [3.63, 3.8) is 0 Å². The van der Waals surface area contributed by atoms with Crippen molar-refractivity contribution in [2.24, 2.45) is 17.3 Å². The molecule has 0 aromatic heterocycles. The molecule has 118 valence electrons. The van der Waals surface area contributed by atoms with Gasteiger partial charge in [-0.15, -0.1) is 0 Å². The van der Waals surface area contributed by atoms with E-state index in [1.54, 1.807) is 0 Å². The number of carboxylic acid groups (broad SMARTS) is 1. The third-order valence-corrected chi connectivity index (χ3v) is 5.01. The first-order chi connectivity index (χ1) is 9.46.